The fourth-order valence-electron chi connectivity index (χ4n) is 4.52. The summed E-state index contributed by atoms with van der Waals surface area (Å²) < 4.78 is 57.0. The Kier molecular flexibility index (Phi) is 7.29. The standard InChI is InChI=1S/C26H31F3N8O3/c1-15(13-31-24(38)40-25(2,3)4)32-23-30-14-16(26(27,28)29)20(33-23)21-19-17-9-5-7-11-36(17)35-22(19)37(34-21)18-10-6-8-12-39-18/h5,7,9,11,14-15,18H,6,8,10,12-13H2,1-4H3,(H,31,38)(H,30,32,33). The quantitative estimate of drug-likeness (QED) is 0.331. The molecule has 2 unspecified atom stereocenters. The van der Waals surface area contributed by atoms with E-state index in [1.165, 1.54) is 0 Å². The van der Waals surface area contributed by atoms with Gasteiger partial charge in [-0.15, -0.1) is 5.10 Å². The normalized spacial score (nSPS) is 17.2. The Morgan fingerprint density at radius 3 is 2.70 bits per heavy atom. The largest absolute Gasteiger partial charge is 0.444 e. The second kappa shape index (κ2) is 10.6. The van der Waals surface area contributed by atoms with Gasteiger partial charge in [0.05, 0.1) is 10.9 Å². The van der Waals surface area contributed by atoms with Crippen LogP contribution in [0.2, 0.25) is 0 Å². The van der Waals surface area contributed by atoms with Gasteiger partial charge >= 0.3 is 12.3 Å². The molecule has 14 heteroatoms. The molecule has 0 aromatic carbocycles. The third-order valence-corrected chi connectivity index (χ3v) is 6.26. The molecule has 4 aromatic rings. The van der Waals surface area contributed by atoms with Crippen LogP contribution in [0, 0.1) is 0 Å². The van der Waals surface area contributed by atoms with Crippen LogP contribution in [0.1, 0.15) is 58.7 Å². The van der Waals surface area contributed by atoms with Crippen molar-refractivity contribution in [3.05, 3.63) is 36.2 Å². The fourth-order valence-corrected chi connectivity index (χ4v) is 4.52. The number of alkyl halides is 3. The average molecular weight is 561 g/mol. The number of alkyl carbamates (subject to hydrolysis) is 1. The highest BCUT2D eigenvalue weighted by Crippen LogP contribution is 2.40. The first-order valence-corrected chi connectivity index (χ1v) is 13.1. The van der Waals surface area contributed by atoms with E-state index in [4.69, 9.17) is 9.47 Å². The van der Waals surface area contributed by atoms with E-state index in [2.05, 4.69) is 30.8 Å². The van der Waals surface area contributed by atoms with Gasteiger partial charge in [-0.2, -0.15) is 18.3 Å². The van der Waals surface area contributed by atoms with Gasteiger partial charge in [-0.25, -0.2) is 24.0 Å². The summed E-state index contributed by atoms with van der Waals surface area (Å²) in [6, 6.07) is 4.91. The summed E-state index contributed by atoms with van der Waals surface area (Å²) in [6.07, 6.45) is -0.872. The maximum Gasteiger partial charge on any atom is 0.420 e. The first kappa shape index (κ1) is 27.6. The zero-order valence-corrected chi connectivity index (χ0v) is 22.6. The molecule has 5 rings (SSSR count). The summed E-state index contributed by atoms with van der Waals surface area (Å²) in [4.78, 5) is 20.2. The molecule has 214 valence electrons. The predicted molar refractivity (Wildman–Crippen MR) is 141 cm³/mol. The smallest absolute Gasteiger partial charge is 0.420 e. The SMILES string of the molecule is CC(CNC(=O)OC(C)(C)C)Nc1ncc(C(F)(F)F)c(-c2nn(C3CCCCO3)c3nn4ccccc4c23)n1. The van der Waals surface area contributed by atoms with Gasteiger partial charge in [-0.1, -0.05) is 6.07 Å². The van der Waals surface area contributed by atoms with Gasteiger partial charge in [0.2, 0.25) is 5.95 Å². The van der Waals surface area contributed by atoms with E-state index in [0.29, 0.717) is 29.6 Å². The van der Waals surface area contributed by atoms with Crippen LogP contribution in [0.15, 0.2) is 30.6 Å². The van der Waals surface area contributed by atoms with Crippen LogP contribution in [-0.4, -0.2) is 60.3 Å². The minimum atomic E-state index is -4.74. The molecule has 11 nitrogen and oxygen atoms in total. The van der Waals surface area contributed by atoms with Gasteiger partial charge in [0.15, 0.2) is 11.9 Å². The van der Waals surface area contributed by atoms with Crippen LogP contribution in [-0.2, 0) is 15.7 Å². The lowest BCUT2D eigenvalue weighted by Crippen LogP contribution is -2.38. The van der Waals surface area contributed by atoms with E-state index >= 15 is 0 Å². The number of nitrogens with one attached hydrogen (secondary N) is 2. The fraction of sp³-hybridized carbons (Fsp3) is 0.500. The Hall–Kier alpha value is -3.94. The van der Waals surface area contributed by atoms with Gasteiger partial charge in [-0.05, 0) is 59.1 Å². The number of hydrogen-bond acceptors (Lipinski definition) is 8. The van der Waals surface area contributed by atoms with E-state index < -0.39 is 35.7 Å². The molecule has 0 spiro atoms. The highest BCUT2D eigenvalue weighted by atomic mass is 19.4. The summed E-state index contributed by atoms with van der Waals surface area (Å²) in [6.45, 7) is 7.62. The molecule has 0 radical (unpaired) electrons. The number of fused-ring (bicyclic) bond motifs is 3. The summed E-state index contributed by atoms with van der Waals surface area (Å²) in [5.74, 6) is -0.0467. The van der Waals surface area contributed by atoms with E-state index in [-0.39, 0.29) is 23.9 Å². The zero-order chi connectivity index (χ0) is 28.7. The molecule has 0 aliphatic carbocycles. The van der Waals surface area contributed by atoms with Crippen LogP contribution >= 0.6 is 0 Å². The van der Waals surface area contributed by atoms with Gasteiger partial charge in [0, 0.05) is 31.6 Å². The molecule has 2 N–H and O–H groups in total. The van der Waals surface area contributed by atoms with Gasteiger partial charge in [0.1, 0.15) is 22.6 Å². The molecule has 0 bridgehead atoms. The lowest BCUT2D eigenvalue weighted by Gasteiger charge is -2.22. The monoisotopic (exact) mass is 560 g/mol. The molecule has 1 aliphatic rings. The minimum absolute atomic E-state index is 0.0303. The molecule has 4 aromatic heterocycles. The van der Waals surface area contributed by atoms with E-state index in [1.54, 1.807) is 61.3 Å². The molecular formula is C26H31F3N8O3. The number of amides is 1. The third kappa shape index (κ3) is 5.81. The maximum absolute atomic E-state index is 14.2. The Balaban J connectivity index is 1.54. The van der Waals surface area contributed by atoms with Crippen molar-refractivity contribution in [3.63, 3.8) is 0 Å². The number of carbonyl (C=O) groups excluding carboxylic acids is 1. The van der Waals surface area contributed by atoms with Crippen molar-refractivity contribution in [1.82, 2.24) is 34.7 Å². The zero-order valence-electron chi connectivity index (χ0n) is 22.6. The summed E-state index contributed by atoms with van der Waals surface area (Å²) in [5.41, 5.74) is -1.04. The molecule has 1 saturated heterocycles. The van der Waals surface area contributed by atoms with Crippen molar-refractivity contribution in [3.8, 4) is 11.4 Å². The summed E-state index contributed by atoms with van der Waals surface area (Å²) >= 11 is 0. The lowest BCUT2D eigenvalue weighted by atomic mass is 10.1. The van der Waals surface area contributed by atoms with Gasteiger partial charge in [0.25, 0.3) is 0 Å². The van der Waals surface area contributed by atoms with E-state index in [0.717, 1.165) is 19.0 Å². The molecule has 40 heavy (non-hydrogen) atoms. The first-order valence-electron chi connectivity index (χ1n) is 13.1. The second-order valence-corrected chi connectivity index (χ2v) is 10.7. The molecule has 1 amide bonds. The molecule has 1 aliphatic heterocycles. The Bertz CT molecular complexity index is 1520. The van der Waals surface area contributed by atoms with Crippen LogP contribution in [0.3, 0.4) is 0 Å². The van der Waals surface area contributed by atoms with Gasteiger partial charge < -0.3 is 20.1 Å². The number of nitrogens with zero attached hydrogens (tertiary/aromatic N) is 6. The third-order valence-electron chi connectivity index (χ3n) is 6.26. The van der Waals surface area contributed by atoms with Crippen molar-refractivity contribution >= 4 is 28.6 Å². The number of halogens is 3. The molecule has 0 saturated carbocycles. The van der Waals surface area contributed by atoms with Crippen LogP contribution in [0.4, 0.5) is 23.9 Å². The van der Waals surface area contributed by atoms with Crippen molar-refractivity contribution in [1.29, 1.82) is 0 Å². The lowest BCUT2D eigenvalue weighted by molar-refractivity contribution is -0.137. The highest BCUT2D eigenvalue weighted by Gasteiger charge is 2.38. The van der Waals surface area contributed by atoms with Crippen LogP contribution in [0.25, 0.3) is 27.9 Å². The van der Waals surface area contributed by atoms with Crippen molar-refractivity contribution in [2.24, 2.45) is 0 Å². The Morgan fingerprint density at radius 1 is 1.20 bits per heavy atom. The molecule has 5 heterocycles. The van der Waals surface area contributed by atoms with Gasteiger partial charge in [-0.3, -0.25) is 0 Å². The van der Waals surface area contributed by atoms with E-state index in [1.807, 2.05) is 0 Å². The number of aromatic nitrogens is 6. The first-order chi connectivity index (χ1) is 18.9. The average Bonchev–Trinajstić information content (AvgIpc) is 3.44. The maximum atomic E-state index is 14.2. The Labute approximate surface area is 228 Å². The Morgan fingerprint density at radius 2 is 2.00 bits per heavy atom. The van der Waals surface area contributed by atoms with Crippen LogP contribution < -0.4 is 10.6 Å². The van der Waals surface area contributed by atoms with Crippen molar-refractivity contribution in [2.75, 3.05) is 18.5 Å². The minimum Gasteiger partial charge on any atom is -0.444 e. The van der Waals surface area contributed by atoms with Crippen molar-refractivity contribution < 1.29 is 27.4 Å². The number of pyridine rings is 1. The van der Waals surface area contributed by atoms with Crippen LogP contribution in [0.5, 0.6) is 0 Å². The molecular weight excluding hydrogens is 529 g/mol. The van der Waals surface area contributed by atoms with Crippen molar-refractivity contribution in [2.45, 2.75) is 71.0 Å². The predicted octanol–water partition coefficient (Wildman–Crippen LogP) is 5.18. The second-order valence-electron chi connectivity index (χ2n) is 10.7. The molecule has 2 atom stereocenters. The summed E-state index contributed by atoms with van der Waals surface area (Å²) in [7, 11) is 0. The topological polar surface area (TPSA) is 120 Å². The summed E-state index contributed by atoms with van der Waals surface area (Å²) in [5, 5.41) is 15.2. The molecule has 1 fully saturated rings. The number of hydrogen-bond donors (Lipinski definition) is 2. The number of anilines is 1. The number of ether oxygens (including phenoxy) is 2. The highest BCUT2D eigenvalue weighted by molar-refractivity contribution is 6.03. The van der Waals surface area contributed by atoms with E-state index in [9.17, 15) is 18.0 Å². The number of rotatable bonds is 6. The number of carbonyl (C=O) groups is 1.